The molecular weight excluding hydrogens is 284 g/mol. The average molecular weight is 312 g/mol. The summed E-state index contributed by atoms with van der Waals surface area (Å²) in [5, 5.41) is 12.4. The zero-order valence-corrected chi connectivity index (χ0v) is 14.7. The molecule has 1 N–H and O–H groups in total. The molecule has 0 atom stereocenters. The fourth-order valence-corrected chi connectivity index (χ4v) is 3.63. The minimum Gasteiger partial charge on any atom is -0.315 e. The normalized spacial score (nSPS) is 14.6. The number of aromatic nitrogens is 3. The lowest BCUT2D eigenvalue weighted by molar-refractivity contribution is 0.587. The maximum atomic E-state index is 4.40. The summed E-state index contributed by atoms with van der Waals surface area (Å²) < 4.78 is 2.34. The molecule has 0 radical (unpaired) electrons. The summed E-state index contributed by atoms with van der Waals surface area (Å²) in [7, 11) is 0. The summed E-state index contributed by atoms with van der Waals surface area (Å²) in [5.74, 6) is 2.33. The molecule has 1 aromatic heterocycles. The van der Waals surface area contributed by atoms with Crippen LogP contribution in [0.5, 0.6) is 0 Å². The van der Waals surface area contributed by atoms with Crippen LogP contribution in [-0.4, -0.2) is 21.3 Å². The molecule has 23 heavy (non-hydrogen) atoms. The zero-order valence-electron chi connectivity index (χ0n) is 14.7. The predicted octanol–water partition coefficient (Wildman–Crippen LogP) is 3.26. The van der Waals surface area contributed by atoms with Crippen molar-refractivity contribution >= 4 is 0 Å². The molecule has 1 aliphatic rings. The Morgan fingerprint density at radius 1 is 1.04 bits per heavy atom. The lowest BCUT2D eigenvalue weighted by atomic mass is 10.00. The largest absolute Gasteiger partial charge is 0.315 e. The van der Waals surface area contributed by atoms with Crippen LogP contribution in [0.1, 0.15) is 53.2 Å². The van der Waals surface area contributed by atoms with Gasteiger partial charge in [0.25, 0.3) is 0 Å². The third-order valence-electron chi connectivity index (χ3n) is 4.85. The smallest absolute Gasteiger partial charge is 0.134 e. The molecule has 4 heteroatoms. The minimum atomic E-state index is 0.930. The molecular formula is C19H28N4. The molecule has 4 nitrogen and oxygen atoms in total. The standard InChI is InChI=1S/C19H28N4/c1-14-11-15(2)17(16(3)12-14)13-20-9-8-19-22-21-18-7-5-4-6-10-23(18)19/h11-12,20H,4-10,13H2,1-3H3. The molecule has 0 aliphatic carbocycles. The summed E-state index contributed by atoms with van der Waals surface area (Å²) in [4.78, 5) is 0. The van der Waals surface area contributed by atoms with Crippen LogP contribution in [0.15, 0.2) is 12.1 Å². The van der Waals surface area contributed by atoms with Crippen LogP contribution in [0.3, 0.4) is 0 Å². The van der Waals surface area contributed by atoms with Gasteiger partial charge in [-0.15, -0.1) is 10.2 Å². The number of nitrogens with zero attached hydrogens (tertiary/aromatic N) is 3. The van der Waals surface area contributed by atoms with Crippen molar-refractivity contribution in [1.29, 1.82) is 0 Å². The van der Waals surface area contributed by atoms with Crippen molar-refractivity contribution in [1.82, 2.24) is 20.1 Å². The van der Waals surface area contributed by atoms with Crippen molar-refractivity contribution in [2.45, 2.75) is 66.0 Å². The first kappa shape index (κ1) is 16.2. The van der Waals surface area contributed by atoms with Crippen LogP contribution >= 0.6 is 0 Å². The van der Waals surface area contributed by atoms with Gasteiger partial charge in [0.2, 0.25) is 0 Å². The maximum absolute atomic E-state index is 4.40. The van der Waals surface area contributed by atoms with Gasteiger partial charge in [-0.2, -0.15) is 0 Å². The van der Waals surface area contributed by atoms with Gasteiger partial charge in [-0.1, -0.05) is 24.1 Å². The Kier molecular flexibility index (Phi) is 5.11. The third kappa shape index (κ3) is 3.81. The molecule has 0 amide bonds. The lowest BCUT2D eigenvalue weighted by Gasteiger charge is -2.12. The van der Waals surface area contributed by atoms with Crippen LogP contribution in [0, 0.1) is 20.8 Å². The molecule has 0 unspecified atom stereocenters. The van der Waals surface area contributed by atoms with Crippen molar-refractivity contribution in [3.05, 3.63) is 46.0 Å². The van der Waals surface area contributed by atoms with Gasteiger partial charge in [0.05, 0.1) is 0 Å². The van der Waals surface area contributed by atoms with Gasteiger partial charge in [0.1, 0.15) is 11.6 Å². The number of fused-ring (bicyclic) bond motifs is 1. The molecule has 0 saturated heterocycles. The number of nitrogens with one attached hydrogen (secondary N) is 1. The Bertz CT molecular complexity index is 649. The average Bonchev–Trinajstić information content (AvgIpc) is 2.73. The monoisotopic (exact) mass is 312 g/mol. The summed E-state index contributed by atoms with van der Waals surface area (Å²) in [6, 6.07) is 4.53. The second-order valence-electron chi connectivity index (χ2n) is 6.80. The fourth-order valence-electron chi connectivity index (χ4n) is 3.63. The Hall–Kier alpha value is -1.68. The van der Waals surface area contributed by atoms with E-state index < -0.39 is 0 Å². The molecule has 0 saturated carbocycles. The van der Waals surface area contributed by atoms with E-state index in [4.69, 9.17) is 0 Å². The number of hydrogen-bond donors (Lipinski definition) is 1. The van der Waals surface area contributed by atoms with E-state index in [0.717, 1.165) is 38.3 Å². The van der Waals surface area contributed by atoms with Gasteiger partial charge < -0.3 is 9.88 Å². The van der Waals surface area contributed by atoms with E-state index in [2.05, 4.69) is 53.0 Å². The summed E-state index contributed by atoms with van der Waals surface area (Å²) in [6.45, 7) is 9.54. The molecule has 1 aromatic carbocycles. The first-order valence-electron chi connectivity index (χ1n) is 8.83. The van der Waals surface area contributed by atoms with Crippen molar-refractivity contribution in [3.63, 3.8) is 0 Å². The minimum absolute atomic E-state index is 0.930. The number of benzene rings is 1. The molecule has 3 rings (SSSR count). The highest BCUT2D eigenvalue weighted by Crippen LogP contribution is 2.16. The van der Waals surface area contributed by atoms with Crippen molar-refractivity contribution < 1.29 is 0 Å². The van der Waals surface area contributed by atoms with E-state index >= 15 is 0 Å². The Balaban J connectivity index is 1.56. The van der Waals surface area contributed by atoms with Crippen molar-refractivity contribution in [3.8, 4) is 0 Å². The molecule has 2 heterocycles. The van der Waals surface area contributed by atoms with E-state index in [9.17, 15) is 0 Å². The quantitative estimate of drug-likeness (QED) is 0.862. The highest BCUT2D eigenvalue weighted by atomic mass is 15.3. The van der Waals surface area contributed by atoms with Gasteiger partial charge in [-0.25, -0.2) is 0 Å². The van der Waals surface area contributed by atoms with Crippen LogP contribution in [0.2, 0.25) is 0 Å². The van der Waals surface area contributed by atoms with E-state index in [1.165, 1.54) is 47.3 Å². The second-order valence-corrected chi connectivity index (χ2v) is 6.80. The zero-order chi connectivity index (χ0) is 16.2. The SMILES string of the molecule is Cc1cc(C)c(CNCCc2nnc3n2CCCCC3)c(C)c1. The Morgan fingerprint density at radius 3 is 2.61 bits per heavy atom. The summed E-state index contributed by atoms with van der Waals surface area (Å²) in [6.07, 6.45) is 5.86. The van der Waals surface area contributed by atoms with E-state index in [0.29, 0.717) is 0 Å². The maximum Gasteiger partial charge on any atom is 0.134 e. The van der Waals surface area contributed by atoms with Crippen molar-refractivity contribution in [2.24, 2.45) is 0 Å². The molecule has 0 fully saturated rings. The third-order valence-corrected chi connectivity index (χ3v) is 4.85. The number of hydrogen-bond acceptors (Lipinski definition) is 3. The van der Waals surface area contributed by atoms with Crippen LogP contribution in [-0.2, 0) is 25.9 Å². The lowest BCUT2D eigenvalue weighted by Crippen LogP contribution is -2.20. The summed E-state index contributed by atoms with van der Waals surface area (Å²) >= 11 is 0. The number of rotatable bonds is 5. The van der Waals surface area contributed by atoms with Gasteiger partial charge in [-0.3, -0.25) is 0 Å². The van der Waals surface area contributed by atoms with Crippen LogP contribution < -0.4 is 5.32 Å². The predicted molar refractivity (Wildman–Crippen MR) is 93.6 cm³/mol. The fraction of sp³-hybridized carbons (Fsp3) is 0.579. The molecule has 124 valence electrons. The molecule has 0 spiro atoms. The number of aryl methyl sites for hydroxylation is 4. The highest BCUT2D eigenvalue weighted by Gasteiger charge is 2.14. The van der Waals surface area contributed by atoms with Gasteiger partial charge in [0.15, 0.2) is 0 Å². The van der Waals surface area contributed by atoms with Crippen LogP contribution in [0.4, 0.5) is 0 Å². The molecule has 2 aromatic rings. The topological polar surface area (TPSA) is 42.7 Å². The van der Waals surface area contributed by atoms with E-state index in [-0.39, 0.29) is 0 Å². The Morgan fingerprint density at radius 2 is 1.83 bits per heavy atom. The van der Waals surface area contributed by atoms with E-state index in [1.54, 1.807) is 0 Å². The van der Waals surface area contributed by atoms with Gasteiger partial charge in [-0.05, 0) is 50.3 Å². The van der Waals surface area contributed by atoms with Gasteiger partial charge in [0, 0.05) is 32.5 Å². The second kappa shape index (κ2) is 7.26. The van der Waals surface area contributed by atoms with E-state index in [1.807, 2.05) is 0 Å². The first-order valence-corrected chi connectivity index (χ1v) is 8.83. The van der Waals surface area contributed by atoms with Crippen LogP contribution in [0.25, 0.3) is 0 Å². The molecule has 1 aliphatic heterocycles. The van der Waals surface area contributed by atoms with Gasteiger partial charge >= 0.3 is 0 Å². The van der Waals surface area contributed by atoms with Crippen molar-refractivity contribution in [2.75, 3.05) is 6.54 Å². The highest BCUT2D eigenvalue weighted by molar-refractivity contribution is 5.37. The Labute approximate surface area is 139 Å². The summed E-state index contributed by atoms with van der Waals surface area (Å²) in [5.41, 5.74) is 5.53. The molecule has 0 bridgehead atoms. The first-order chi connectivity index (χ1) is 11.1.